The molecule has 1 nitrogen and oxygen atoms in total. The molecule has 0 radical (unpaired) electrons. The Morgan fingerprint density at radius 2 is 2.20 bits per heavy atom. The van der Waals surface area contributed by atoms with Gasteiger partial charge in [0.15, 0.2) is 0 Å². The lowest BCUT2D eigenvalue weighted by atomic mass is 9.82. The number of benzene rings is 1. The third-order valence-corrected chi connectivity index (χ3v) is 3.76. The van der Waals surface area contributed by atoms with Crippen molar-refractivity contribution in [2.75, 3.05) is 6.61 Å². The topological polar surface area (TPSA) is 20.2 Å². The number of aliphatic hydroxyl groups excluding tert-OH is 1. The summed E-state index contributed by atoms with van der Waals surface area (Å²) in [6, 6.07) is 6.62. The van der Waals surface area contributed by atoms with Gasteiger partial charge in [0.05, 0.1) is 0 Å². The predicted molar refractivity (Wildman–Crippen MR) is 66.0 cm³/mol. The van der Waals surface area contributed by atoms with Crippen LogP contribution in [-0.2, 0) is 12.8 Å². The Morgan fingerprint density at radius 1 is 1.33 bits per heavy atom. The highest BCUT2D eigenvalue weighted by Crippen LogP contribution is 2.30. The molecule has 1 N–H and O–H groups in total. The first-order valence-electron chi connectivity index (χ1n) is 5.68. The van der Waals surface area contributed by atoms with E-state index in [-0.39, 0.29) is 0 Å². The summed E-state index contributed by atoms with van der Waals surface area (Å²) in [6.45, 7) is 0.337. The van der Waals surface area contributed by atoms with Gasteiger partial charge >= 0.3 is 0 Å². The maximum absolute atomic E-state index is 8.82. The second-order valence-electron chi connectivity index (χ2n) is 4.39. The highest BCUT2D eigenvalue weighted by atomic mass is 79.9. The molecular weight excluding hydrogens is 252 g/mol. The molecule has 0 spiro atoms. The lowest BCUT2D eigenvalue weighted by Crippen LogP contribution is -2.14. The smallest absolute Gasteiger partial charge is 0.0431 e. The van der Waals surface area contributed by atoms with Crippen molar-refractivity contribution in [1.82, 2.24) is 0 Å². The molecule has 2 heteroatoms. The van der Waals surface area contributed by atoms with Crippen LogP contribution in [0.5, 0.6) is 0 Å². The summed E-state index contributed by atoms with van der Waals surface area (Å²) in [5, 5.41) is 8.82. The van der Waals surface area contributed by atoms with Gasteiger partial charge in [-0.1, -0.05) is 22.0 Å². The number of rotatable bonds is 3. The van der Waals surface area contributed by atoms with Crippen LogP contribution in [0.1, 0.15) is 30.4 Å². The fraction of sp³-hybridized carbons (Fsp3) is 0.538. The van der Waals surface area contributed by atoms with Crippen LogP contribution in [0.2, 0.25) is 0 Å². The summed E-state index contributed by atoms with van der Waals surface area (Å²) in [5.74, 6) is 0.783. The molecule has 1 aliphatic rings. The monoisotopic (exact) mass is 268 g/mol. The molecule has 0 saturated heterocycles. The van der Waals surface area contributed by atoms with E-state index < -0.39 is 0 Å². The predicted octanol–water partition coefficient (Wildman–Crippen LogP) is 3.33. The summed E-state index contributed by atoms with van der Waals surface area (Å²) in [7, 11) is 0. The van der Waals surface area contributed by atoms with Gasteiger partial charge in [0, 0.05) is 11.1 Å². The second-order valence-corrected chi connectivity index (χ2v) is 5.30. The zero-order chi connectivity index (χ0) is 10.7. The van der Waals surface area contributed by atoms with Crippen LogP contribution in [0.4, 0.5) is 0 Å². The van der Waals surface area contributed by atoms with E-state index in [0.29, 0.717) is 6.61 Å². The Labute approximate surface area is 99.6 Å². The Balaban J connectivity index is 2.03. The molecule has 1 aromatic rings. The highest BCUT2D eigenvalue weighted by Gasteiger charge is 2.17. The van der Waals surface area contributed by atoms with Crippen molar-refractivity contribution in [1.29, 1.82) is 0 Å². The zero-order valence-electron chi connectivity index (χ0n) is 8.88. The fourth-order valence-corrected chi connectivity index (χ4v) is 2.83. The van der Waals surface area contributed by atoms with Crippen LogP contribution in [0, 0.1) is 5.92 Å². The Bertz CT molecular complexity index is 335. The molecule has 0 aliphatic heterocycles. The SMILES string of the molecule is OCCC[C@@H]1CCc2cc(Br)ccc2C1. The van der Waals surface area contributed by atoms with E-state index in [0.717, 1.165) is 12.3 Å². The second kappa shape index (κ2) is 5.13. The van der Waals surface area contributed by atoms with Crippen molar-refractivity contribution < 1.29 is 5.11 Å². The number of halogens is 1. The summed E-state index contributed by atoms with van der Waals surface area (Å²) < 4.78 is 1.19. The van der Waals surface area contributed by atoms with Crippen molar-refractivity contribution in [3.63, 3.8) is 0 Å². The first-order valence-corrected chi connectivity index (χ1v) is 6.47. The van der Waals surface area contributed by atoms with Crippen LogP contribution in [0.25, 0.3) is 0 Å². The average molecular weight is 269 g/mol. The van der Waals surface area contributed by atoms with Crippen molar-refractivity contribution in [3.8, 4) is 0 Å². The van der Waals surface area contributed by atoms with Crippen molar-refractivity contribution >= 4 is 15.9 Å². The van der Waals surface area contributed by atoms with Crippen molar-refractivity contribution in [2.24, 2.45) is 5.92 Å². The van der Waals surface area contributed by atoms with Gasteiger partial charge in [-0.25, -0.2) is 0 Å². The fourth-order valence-electron chi connectivity index (χ4n) is 2.43. The summed E-state index contributed by atoms with van der Waals surface area (Å²) >= 11 is 3.51. The van der Waals surface area contributed by atoms with Crippen LogP contribution in [0.15, 0.2) is 22.7 Å². The molecule has 0 fully saturated rings. The third-order valence-electron chi connectivity index (χ3n) is 3.27. The summed E-state index contributed by atoms with van der Waals surface area (Å²) in [6.07, 6.45) is 5.81. The van der Waals surface area contributed by atoms with Crippen LogP contribution >= 0.6 is 15.9 Å². The van der Waals surface area contributed by atoms with Gasteiger partial charge in [-0.05, 0) is 61.3 Å². The van der Waals surface area contributed by atoms with Gasteiger partial charge in [0.1, 0.15) is 0 Å². The van der Waals surface area contributed by atoms with E-state index in [1.54, 1.807) is 0 Å². The number of aliphatic hydroxyl groups is 1. The average Bonchev–Trinajstić information content (AvgIpc) is 2.26. The minimum absolute atomic E-state index is 0.337. The third kappa shape index (κ3) is 2.82. The Hall–Kier alpha value is -0.340. The van der Waals surface area contributed by atoms with Crippen LogP contribution in [-0.4, -0.2) is 11.7 Å². The maximum Gasteiger partial charge on any atom is 0.0431 e. The molecule has 15 heavy (non-hydrogen) atoms. The van der Waals surface area contributed by atoms with Gasteiger partial charge in [-0.3, -0.25) is 0 Å². The van der Waals surface area contributed by atoms with Gasteiger partial charge in [-0.2, -0.15) is 0 Å². The molecule has 0 unspecified atom stereocenters. The minimum Gasteiger partial charge on any atom is -0.396 e. The molecule has 0 saturated carbocycles. The van der Waals surface area contributed by atoms with Crippen molar-refractivity contribution in [3.05, 3.63) is 33.8 Å². The molecule has 0 bridgehead atoms. The molecule has 1 aliphatic carbocycles. The number of fused-ring (bicyclic) bond motifs is 1. The molecule has 0 amide bonds. The normalized spacial score (nSPS) is 20.0. The first-order chi connectivity index (χ1) is 7.29. The highest BCUT2D eigenvalue weighted by molar-refractivity contribution is 9.10. The lowest BCUT2D eigenvalue weighted by molar-refractivity contribution is 0.266. The number of hydrogen-bond acceptors (Lipinski definition) is 1. The molecular formula is C13H17BrO. The first kappa shape index (κ1) is 11.2. The van der Waals surface area contributed by atoms with Crippen LogP contribution in [0.3, 0.4) is 0 Å². The van der Waals surface area contributed by atoms with E-state index in [1.807, 2.05) is 0 Å². The van der Waals surface area contributed by atoms with E-state index in [9.17, 15) is 0 Å². The standard InChI is InChI=1S/C13H17BrO/c14-13-6-5-11-8-10(2-1-7-15)3-4-12(11)9-13/h5-6,9-10,15H,1-4,7-8H2/t10-/m1/s1. The van der Waals surface area contributed by atoms with Gasteiger partial charge < -0.3 is 5.11 Å². The largest absolute Gasteiger partial charge is 0.396 e. The minimum atomic E-state index is 0.337. The maximum atomic E-state index is 8.82. The molecule has 2 rings (SSSR count). The molecule has 0 aromatic heterocycles. The number of hydrogen-bond donors (Lipinski definition) is 1. The Morgan fingerprint density at radius 3 is 3.00 bits per heavy atom. The lowest BCUT2D eigenvalue weighted by Gasteiger charge is -2.24. The van der Waals surface area contributed by atoms with E-state index in [2.05, 4.69) is 34.1 Å². The van der Waals surface area contributed by atoms with Gasteiger partial charge in [-0.15, -0.1) is 0 Å². The Kier molecular flexibility index (Phi) is 3.81. The summed E-state index contributed by atoms with van der Waals surface area (Å²) in [4.78, 5) is 0. The molecule has 0 heterocycles. The van der Waals surface area contributed by atoms with E-state index >= 15 is 0 Å². The quantitative estimate of drug-likeness (QED) is 0.892. The van der Waals surface area contributed by atoms with Gasteiger partial charge in [0.25, 0.3) is 0 Å². The van der Waals surface area contributed by atoms with E-state index in [1.165, 1.54) is 41.3 Å². The molecule has 1 aromatic carbocycles. The zero-order valence-corrected chi connectivity index (χ0v) is 10.5. The van der Waals surface area contributed by atoms with E-state index in [4.69, 9.17) is 5.11 Å². The summed E-state index contributed by atoms with van der Waals surface area (Å²) in [5.41, 5.74) is 3.01. The van der Waals surface area contributed by atoms with Crippen LogP contribution < -0.4 is 0 Å². The van der Waals surface area contributed by atoms with Crippen molar-refractivity contribution in [2.45, 2.75) is 32.1 Å². The molecule has 82 valence electrons. The molecule has 1 atom stereocenters. The van der Waals surface area contributed by atoms with Gasteiger partial charge in [0.2, 0.25) is 0 Å². The number of aryl methyl sites for hydroxylation is 1.